The third-order valence-corrected chi connectivity index (χ3v) is 14.2. The average Bonchev–Trinajstić information content (AvgIpc) is 1.54. The molecule has 0 fully saturated rings. The molecule has 0 saturated heterocycles. The number of imidazole rings is 1. The number of aromatic nitrogens is 4. The number of para-hydroxylation sites is 3. The van der Waals surface area contributed by atoms with E-state index in [9.17, 15) is 0 Å². The number of pyridine rings is 1. The molecule has 0 saturated carbocycles. The zero-order valence-electron chi connectivity index (χ0n) is 51.3. The summed E-state index contributed by atoms with van der Waals surface area (Å²) >= 11 is 0. The molecule has 0 aliphatic heterocycles. The van der Waals surface area contributed by atoms with Gasteiger partial charge >= 0.3 is 0 Å². The van der Waals surface area contributed by atoms with Gasteiger partial charge in [0, 0.05) is 44.3 Å². The topological polar surface area (TPSA) is 35.9 Å². The minimum atomic E-state index is -0.577. The molecule has 14 rings (SSSR count). The maximum Gasteiger partial charge on any atom is 0.268 e. The fraction of sp³-hybridized carbons (Fsp3) is 0.0571. The van der Waals surface area contributed by atoms with E-state index >= 15 is 0 Å². The summed E-state index contributed by atoms with van der Waals surface area (Å²) in [5.41, 5.74) is 13.4. The summed E-state index contributed by atoms with van der Waals surface area (Å²) in [7, 11) is 0. The molecule has 0 amide bonds. The van der Waals surface area contributed by atoms with E-state index in [1.54, 1.807) is 33.4 Å². The molecule has 10 aromatic carbocycles. The first-order chi connectivity index (χ1) is 41.0. The second kappa shape index (κ2) is 18.8. The molecule has 0 N–H and O–H groups in total. The maximum atomic E-state index is 9.11. The molecular weight excluding hydrogens is 1110 g/mol. The van der Waals surface area contributed by atoms with E-state index in [1.807, 2.05) is 48.7 Å². The minimum absolute atomic E-state index is 0. The number of ether oxygens (including phenoxy) is 1. The maximum absolute atomic E-state index is 9.11. The Bertz CT molecular complexity index is 4860. The average molecular weight is 1170 g/mol. The Kier molecular flexibility index (Phi) is 9.13. The summed E-state index contributed by atoms with van der Waals surface area (Å²) in [5, 5.41) is 1.99. The van der Waals surface area contributed by atoms with E-state index in [-0.39, 0.29) is 54.4 Å². The van der Waals surface area contributed by atoms with Crippen LogP contribution in [0.25, 0.3) is 117 Å². The van der Waals surface area contributed by atoms with E-state index < -0.39 is 60.4 Å². The van der Waals surface area contributed by atoms with Crippen LogP contribution in [0.15, 0.2) is 236 Å². The Morgan fingerprint density at radius 3 is 1.75 bits per heavy atom. The molecule has 5 nitrogen and oxygen atoms in total. The van der Waals surface area contributed by atoms with Crippen molar-refractivity contribution in [2.75, 3.05) is 0 Å². The summed E-state index contributed by atoms with van der Waals surface area (Å²) in [6.07, 6.45) is 5.31. The second-order valence-electron chi connectivity index (χ2n) is 19.6. The van der Waals surface area contributed by atoms with Crippen molar-refractivity contribution in [3.05, 3.63) is 261 Å². The summed E-state index contributed by atoms with van der Waals surface area (Å²) < 4.78 is 100. The first kappa shape index (κ1) is 36.9. The zero-order valence-corrected chi connectivity index (χ0v) is 43.5. The van der Waals surface area contributed by atoms with Crippen LogP contribution in [0.2, 0.25) is 0 Å². The van der Waals surface area contributed by atoms with Crippen LogP contribution in [0.3, 0.4) is 0 Å². The molecule has 0 atom stereocenters. The van der Waals surface area contributed by atoms with Gasteiger partial charge in [-0.2, -0.15) is 18.2 Å². The van der Waals surface area contributed by atoms with Gasteiger partial charge in [0.25, 0.3) is 6.33 Å². The molecule has 0 bridgehead atoms. The molecule has 0 radical (unpaired) electrons. The van der Waals surface area contributed by atoms with Gasteiger partial charge in [0.2, 0.25) is 0 Å². The van der Waals surface area contributed by atoms with Crippen molar-refractivity contribution in [1.82, 2.24) is 14.1 Å². The molecule has 0 spiro atoms. The smallest absolute Gasteiger partial charge is 0.268 e. The molecule has 1 aliphatic carbocycles. The molecule has 0 unspecified atom stereocenters. The van der Waals surface area contributed by atoms with E-state index in [2.05, 4.69) is 147 Å². The first-order valence-electron chi connectivity index (χ1n) is 29.7. The van der Waals surface area contributed by atoms with Gasteiger partial charge in [-0.05, 0) is 107 Å². The van der Waals surface area contributed by atoms with Gasteiger partial charge in [-0.3, -0.25) is 4.57 Å². The van der Waals surface area contributed by atoms with E-state index in [1.165, 1.54) is 5.56 Å². The van der Waals surface area contributed by atoms with Gasteiger partial charge in [-0.15, -0.1) is 29.7 Å². The van der Waals surface area contributed by atoms with Gasteiger partial charge in [-0.1, -0.05) is 208 Å². The number of fused-ring (bicyclic) bond motifs is 13. The Hall–Kier alpha value is -8.89. The Labute approximate surface area is 470 Å². The van der Waals surface area contributed by atoms with E-state index in [0.29, 0.717) is 28.2 Å². The summed E-state index contributed by atoms with van der Waals surface area (Å²) in [5.74, 6) is 1.48. The van der Waals surface area contributed by atoms with Crippen molar-refractivity contribution >= 4 is 32.8 Å². The largest absolute Gasteiger partial charge is 0.510 e. The van der Waals surface area contributed by atoms with Crippen LogP contribution in [0.5, 0.6) is 11.5 Å². The summed E-state index contributed by atoms with van der Waals surface area (Å²) in [4.78, 5) is 5.05. The third kappa shape index (κ3) is 7.81. The van der Waals surface area contributed by atoms with Crippen LogP contribution in [0, 0.1) is 18.5 Å². The quantitative estimate of drug-likeness (QED) is 0.118. The number of hydrogen-bond donors (Lipinski definition) is 0. The van der Waals surface area contributed by atoms with Crippen LogP contribution in [-0.4, -0.2) is 14.1 Å². The second-order valence-corrected chi connectivity index (χ2v) is 19.6. The van der Waals surface area contributed by atoms with Gasteiger partial charge in [0.15, 0.2) is 0 Å². The van der Waals surface area contributed by atoms with Gasteiger partial charge in [-0.25, -0.2) is 4.98 Å². The van der Waals surface area contributed by atoms with Crippen LogP contribution < -0.4 is 9.30 Å². The molecule has 366 valence electrons. The first-order valence-corrected chi connectivity index (χ1v) is 24.7. The Morgan fingerprint density at radius 2 is 1.09 bits per heavy atom. The van der Waals surface area contributed by atoms with E-state index in [4.69, 9.17) is 23.4 Å². The predicted molar refractivity (Wildman–Crippen MR) is 305 cm³/mol. The Balaban J connectivity index is 0.00000686. The minimum Gasteiger partial charge on any atom is -0.510 e. The fourth-order valence-electron chi connectivity index (χ4n) is 10.8. The van der Waals surface area contributed by atoms with Gasteiger partial charge in [0.05, 0.1) is 30.4 Å². The molecular formula is C70H48N4OPt-2. The molecule has 1 aliphatic rings. The van der Waals surface area contributed by atoms with Crippen molar-refractivity contribution in [2.24, 2.45) is 0 Å². The van der Waals surface area contributed by atoms with Gasteiger partial charge in [0.1, 0.15) is 5.82 Å². The fourth-order valence-corrected chi connectivity index (χ4v) is 10.8. The SMILES string of the molecule is [2H]c1c([2H])c([2H])c(-c2cccc(-c3c([2H])c([2H])c([2H])c([2H])c3[2H])c2-[n+]2[c-]n(-c3[c-]c(Oc4[c-]c5c(cc4)c4c6c(ccc4n5-c4cc(C(C)(C)C)ccn4)-c4ccccc4-c4ccccc4-c4ccccc4-6)ccc3)c3ccccc32)c([2H])c1[2H].[Pt]. The molecule has 13 aromatic rings. The van der Waals surface area contributed by atoms with Crippen molar-refractivity contribution in [1.29, 1.82) is 0 Å². The van der Waals surface area contributed by atoms with Crippen molar-refractivity contribution in [2.45, 2.75) is 26.2 Å². The van der Waals surface area contributed by atoms with Crippen LogP contribution in [-0.2, 0) is 26.5 Å². The number of nitrogens with zero attached hydrogens (tertiary/aromatic N) is 4. The number of benzene rings is 10. The predicted octanol–water partition coefficient (Wildman–Crippen LogP) is 17.2. The van der Waals surface area contributed by atoms with Crippen LogP contribution in [0.1, 0.15) is 40.0 Å². The number of hydrogen-bond acceptors (Lipinski definition) is 2. The summed E-state index contributed by atoms with van der Waals surface area (Å²) in [6.45, 7) is 6.57. The monoisotopic (exact) mass is 1170 g/mol. The van der Waals surface area contributed by atoms with Crippen LogP contribution in [0.4, 0.5) is 0 Å². The molecule has 6 heteroatoms. The van der Waals surface area contributed by atoms with Crippen molar-refractivity contribution in [3.63, 3.8) is 0 Å². The standard InChI is InChI=1S/C70H48N4O.Pt/c1-70(2,3)48-40-41-71-66(42-48)74-64-39-38-60-58-30-13-12-28-56(58)54-26-10-11-27-55(54)57-29-14-15-31-59(57)67(60)68(64)61-37-36-51(44-65(61)74)75-50-25-18-24-49(43-50)72-45-73(63-35-17-16-34-62(63)72)69-52(46-20-6-4-7-21-46)32-19-33-53(69)47-22-8-5-9-23-47;/h4-42H,1-3H3;/q-2;/i4D,5D,6D,7D,8D,9D,20D,21D,22D,23D;. The van der Waals surface area contributed by atoms with Crippen molar-refractivity contribution in [3.8, 4) is 95.5 Å². The van der Waals surface area contributed by atoms with Crippen molar-refractivity contribution < 1.29 is 44.1 Å². The molecule has 76 heavy (non-hydrogen) atoms. The van der Waals surface area contributed by atoms with E-state index in [0.717, 1.165) is 72.1 Å². The zero-order chi connectivity index (χ0) is 58.9. The number of rotatable bonds is 7. The normalized spacial score (nSPS) is 13.6. The molecule has 3 aromatic heterocycles. The summed E-state index contributed by atoms with van der Waals surface area (Å²) in [6, 6.07) is 57.9. The molecule has 3 heterocycles. The van der Waals surface area contributed by atoms with Gasteiger partial charge < -0.3 is 13.9 Å². The van der Waals surface area contributed by atoms with Crippen LogP contribution >= 0.6 is 0 Å². The third-order valence-electron chi connectivity index (χ3n) is 14.2. The Morgan fingerprint density at radius 1 is 0.526 bits per heavy atom.